The summed E-state index contributed by atoms with van der Waals surface area (Å²) in [4.78, 5) is 16.3. The number of ether oxygens (including phenoxy) is 2. The van der Waals surface area contributed by atoms with Crippen LogP contribution in [0.2, 0.25) is 5.02 Å². The molecule has 30 heavy (non-hydrogen) atoms. The van der Waals surface area contributed by atoms with Gasteiger partial charge in [0.2, 0.25) is 17.6 Å². The Labute approximate surface area is 175 Å². The van der Waals surface area contributed by atoms with Crippen molar-refractivity contribution in [1.82, 2.24) is 20.3 Å². The second-order valence-corrected chi connectivity index (χ2v) is 6.56. The molecule has 0 bridgehead atoms. The number of nitrogens with zero attached hydrogens (tertiary/aromatic N) is 4. The average Bonchev–Trinajstić information content (AvgIpc) is 3.40. The normalized spacial score (nSPS) is 10.7. The number of hydrogen-bond acceptors (Lipinski definition) is 9. The second kappa shape index (κ2) is 8.75. The number of aromatic nitrogens is 4. The molecule has 0 aliphatic heterocycles. The van der Waals surface area contributed by atoms with Crippen LogP contribution in [0.3, 0.4) is 0 Å². The van der Waals surface area contributed by atoms with E-state index in [2.05, 4.69) is 20.3 Å². The van der Waals surface area contributed by atoms with Crippen LogP contribution in [0, 0.1) is 6.92 Å². The summed E-state index contributed by atoms with van der Waals surface area (Å²) in [6, 6.07) is 13.4. The van der Waals surface area contributed by atoms with Gasteiger partial charge in [-0.05, 0) is 48.5 Å². The fourth-order valence-electron chi connectivity index (χ4n) is 2.47. The third-order valence-corrected chi connectivity index (χ3v) is 4.16. The highest BCUT2D eigenvalue weighted by Gasteiger charge is 2.13. The highest BCUT2D eigenvalue weighted by Crippen LogP contribution is 2.21. The van der Waals surface area contributed by atoms with Crippen LogP contribution in [0.4, 0.5) is 0 Å². The van der Waals surface area contributed by atoms with E-state index in [0.717, 1.165) is 5.56 Å². The van der Waals surface area contributed by atoms with Crippen molar-refractivity contribution in [3.05, 3.63) is 76.7 Å². The maximum absolute atomic E-state index is 12.2. The summed E-state index contributed by atoms with van der Waals surface area (Å²) in [5, 5.41) is 12.2. The van der Waals surface area contributed by atoms with E-state index in [0.29, 0.717) is 33.9 Å². The lowest BCUT2D eigenvalue weighted by molar-refractivity contribution is 0.0438. The molecule has 0 N–H and O–H groups in total. The molecule has 0 spiro atoms. The first-order valence-electron chi connectivity index (χ1n) is 8.84. The lowest BCUT2D eigenvalue weighted by Gasteiger charge is -2.05. The molecule has 10 heteroatoms. The van der Waals surface area contributed by atoms with Crippen LogP contribution >= 0.6 is 11.6 Å². The van der Waals surface area contributed by atoms with Crippen LogP contribution in [0.5, 0.6) is 5.75 Å². The van der Waals surface area contributed by atoms with E-state index >= 15 is 0 Å². The summed E-state index contributed by atoms with van der Waals surface area (Å²) in [7, 11) is 0. The lowest BCUT2D eigenvalue weighted by Crippen LogP contribution is -2.05. The molecule has 0 aliphatic carbocycles. The monoisotopic (exact) mass is 426 g/mol. The molecule has 152 valence electrons. The molecule has 0 unspecified atom stereocenters. The minimum absolute atomic E-state index is 0.144. The van der Waals surface area contributed by atoms with Crippen molar-refractivity contribution < 1.29 is 23.2 Å². The van der Waals surface area contributed by atoms with Gasteiger partial charge >= 0.3 is 5.97 Å². The van der Waals surface area contributed by atoms with Gasteiger partial charge in [0.05, 0.1) is 5.56 Å². The summed E-state index contributed by atoms with van der Waals surface area (Å²) in [5.74, 6) is 1.43. The molecule has 4 rings (SSSR count). The number of esters is 1. The van der Waals surface area contributed by atoms with E-state index in [-0.39, 0.29) is 19.1 Å². The van der Waals surface area contributed by atoms with Gasteiger partial charge in [0.1, 0.15) is 5.75 Å². The first-order chi connectivity index (χ1) is 14.6. The van der Waals surface area contributed by atoms with Crippen molar-refractivity contribution in [2.75, 3.05) is 0 Å². The molecule has 9 nitrogen and oxygen atoms in total. The molecule has 0 aliphatic rings. The van der Waals surface area contributed by atoms with Crippen LogP contribution in [-0.4, -0.2) is 26.3 Å². The van der Waals surface area contributed by atoms with Gasteiger partial charge in [0.15, 0.2) is 13.2 Å². The standard InChI is InChI=1S/C20H15ClN4O5/c1-12-22-17(25-30-12)10-27-16-8-4-14(5-9-16)20(26)28-11-18-23-24-19(29-18)13-2-6-15(21)7-3-13/h2-9H,10-11H2,1H3. The third-order valence-electron chi connectivity index (χ3n) is 3.91. The van der Waals surface area contributed by atoms with Gasteiger partial charge in [-0.25, -0.2) is 4.79 Å². The maximum Gasteiger partial charge on any atom is 0.338 e. The molecule has 2 heterocycles. The maximum atomic E-state index is 12.2. The molecule has 2 aromatic carbocycles. The van der Waals surface area contributed by atoms with E-state index in [1.165, 1.54) is 0 Å². The summed E-state index contributed by atoms with van der Waals surface area (Å²) >= 11 is 5.86. The lowest BCUT2D eigenvalue weighted by atomic mass is 10.2. The van der Waals surface area contributed by atoms with E-state index in [1.807, 2.05) is 0 Å². The van der Waals surface area contributed by atoms with Gasteiger partial charge in [0.25, 0.3) is 5.89 Å². The number of benzene rings is 2. The van der Waals surface area contributed by atoms with E-state index in [9.17, 15) is 4.79 Å². The van der Waals surface area contributed by atoms with Gasteiger partial charge in [-0.15, -0.1) is 10.2 Å². The number of aryl methyl sites for hydroxylation is 1. The predicted molar refractivity (Wildman–Crippen MR) is 104 cm³/mol. The van der Waals surface area contributed by atoms with Crippen molar-refractivity contribution in [2.24, 2.45) is 0 Å². The fraction of sp³-hybridized carbons (Fsp3) is 0.150. The number of hydrogen-bond donors (Lipinski definition) is 0. The average molecular weight is 427 g/mol. The van der Waals surface area contributed by atoms with Crippen molar-refractivity contribution in [1.29, 1.82) is 0 Å². The molecular formula is C20H15ClN4O5. The molecule has 0 saturated heterocycles. The first kappa shape index (κ1) is 19.6. The van der Waals surface area contributed by atoms with Gasteiger partial charge in [-0.2, -0.15) is 4.98 Å². The number of carbonyl (C=O) groups excluding carboxylic acids is 1. The fourth-order valence-corrected chi connectivity index (χ4v) is 2.59. The highest BCUT2D eigenvalue weighted by atomic mass is 35.5. The Morgan fingerprint density at radius 3 is 2.50 bits per heavy atom. The summed E-state index contributed by atoms with van der Waals surface area (Å²) < 4.78 is 21.1. The summed E-state index contributed by atoms with van der Waals surface area (Å²) in [6.07, 6.45) is 0. The second-order valence-electron chi connectivity index (χ2n) is 6.13. The number of rotatable bonds is 7. The van der Waals surface area contributed by atoms with Gasteiger partial charge in [-0.3, -0.25) is 0 Å². The van der Waals surface area contributed by atoms with Crippen LogP contribution < -0.4 is 4.74 Å². The molecular weight excluding hydrogens is 412 g/mol. The Morgan fingerprint density at radius 1 is 1.03 bits per heavy atom. The zero-order valence-corrected chi connectivity index (χ0v) is 16.5. The summed E-state index contributed by atoms with van der Waals surface area (Å²) in [6.45, 7) is 1.72. The molecule has 0 saturated carbocycles. The van der Waals surface area contributed by atoms with E-state index in [1.54, 1.807) is 55.5 Å². The first-order valence-corrected chi connectivity index (χ1v) is 9.22. The Hall–Kier alpha value is -3.72. The predicted octanol–water partition coefficient (Wildman–Crippen LogP) is 4.02. The minimum Gasteiger partial charge on any atom is -0.485 e. The molecule has 0 amide bonds. The minimum atomic E-state index is -0.526. The molecule has 0 atom stereocenters. The zero-order chi connectivity index (χ0) is 20.9. The summed E-state index contributed by atoms with van der Waals surface area (Å²) in [5.41, 5.74) is 1.08. The van der Waals surface area contributed by atoms with Gasteiger partial charge in [-0.1, -0.05) is 16.8 Å². The Kier molecular flexibility index (Phi) is 5.71. The molecule has 0 fully saturated rings. The van der Waals surface area contributed by atoms with Gasteiger partial charge in [0, 0.05) is 17.5 Å². The topological polar surface area (TPSA) is 113 Å². The molecule has 4 aromatic rings. The third kappa shape index (κ3) is 4.81. The van der Waals surface area contributed by atoms with E-state index < -0.39 is 5.97 Å². The van der Waals surface area contributed by atoms with Crippen LogP contribution in [0.25, 0.3) is 11.5 Å². The quantitative estimate of drug-likeness (QED) is 0.404. The number of carbonyl (C=O) groups is 1. The Balaban J connectivity index is 1.30. The molecule has 2 aromatic heterocycles. The molecule has 0 radical (unpaired) electrons. The van der Waals surface area contributed by atoms with Gasteiger partial charge < -0.3 is 18.4 Å². The van der Waals surface area contributed by atoms with Crippen LogP contribution in [0.1, 0.15) is 28.0 Å². The van der Waals surface area contributed by atoms with E-state index in [4.69, 9.17) is 30.0 Å². The van der Waals surface area contributed by atoms with Crippen molar-refractivity contribution >= 4 is 17.6 Å². The van der Waals surface area contributed by atoms with Crippen LogP contribution in [-0.2, 0) is 18.0 Å². The van der Waals surface area contributed by atoms with Crippen molar-refractivity contribution in [3.63, 3.8) is 0 Å². The number of halogens is 1. The van der Waals surface area contributed by atoms with Crippen molar-refractivity contribution in [2.45, 2.75) is 20.1 Å². The van der Waals surface area contributed by atoms with Crippen molar-refractivity contribution in [3.8, 4) is 17.2 Å². The highest BCUT2D eigenvalue weighted by molar-refractivity contribution is 6.30. The SMILES string of the molecule is Cc1nc(COc2ccc(C(=O)OCc3nnc(-c4ccc(Cl)cc4)o3)cc2)no1. The Bertz CT molecular complexity index is 1140. The zero-order valence-electron chi connectivity index (χ0n) is 15.7. The Morgan fingerprint density at radius 2 is 1.80 bits per heavy atom. The smallest absolute Gasteiger partial charge is 0.338 e. The van der Waals surface area contributed by atoms with Crippen LogP contribution in [0.15, 0.2) is 57.5 Å². The largest absolute Gasteiger partial charge is 0.485 e.